The Balaban J connectivity index is 1.24. The van der Waals surface area contributed by atoms with Crippen LogP contribution in [-0.4, -0.2) is 51.1 Å². The number of esters is 1. The van der Waals surface area contributed by atoms with Crippen LogP contribution in [0.3, 0.4) is 0 Å². The van der Waals surface area contributed by atoms with Gasteiger partial charge >= 0.3 is 5.97 Å². The normalized spacial score (nSPS) is 30.8. The summed E-state index contributed by atoms with van der Waals surface area (Å²) in [6.45, 7) is 1.97. The fourth-order valence-corrected chi connectivity index (χ4v) is 6.41. The predicted molar refractivity (Wildman–Crippen MR) is 108 cm³/mol. The summed E-state index contributed by atoms with van der Waals surface area (Å²) in [5.41, 5.74) is 0.920. The average molecular weight is 405 g/mol. The molecule has 0 amide bonds. The molecular weight excluding hydrogens is 370 g/mol. The molecular formula is C23H34NO5+. The summed E-state index contributed by atoms with van der Waals surface area (Å²) in [5.74, 6) is 3.43. The van der Waals surface area contributed by atoms with Crippen LogP contribution in [0, 0.1) is 23.2 Å². The summed E-state index contributed by atoms with van der Waals surface area (Å²) < 4.78 is 15.8. The van der Waals surface area contributed by atoms with E-state index in [1.807, 2.05) is 0 Å². The number of aliphatic hydroxyl groups is 1. The molecule has 0 heterocycles. The number of hydrogen-bond donors (Lipinski definition) is 2. The summed E-state index contributed by atoms with van der Waals surface area (Å²) in [5, 5.41) is 12.7. The topological polar surface area (TPSA) is 81.6 Å². The summed E-state index contributed by atoms with van der Waals surface area (Å²) in [7, 11) is 2.87. The molecule has 0 spiro atoms. The zero-order chi connectivity index (χ0) is 20.4. The van der Waals surface area contributed by atoms with Gasteiger partial charge in [0.15, 0.2) is 11.5 Å². The van der Waals surface area contributed by atoms with Crippen LogP contribution in [0.1, 0.15) is 48.9 Å². The van der Waals surface area contributed by atoms with Gasteiger partial charge in [-0.25, -0.2) is 4.79 Å². The monoisotopic (exact) mass is 404 g/mol. The van der Waals surface area contributed by atoms with Crippen LogP contribution < -0.4 is 14.8 Å². The minimum absolute atomic E-state index is 0.200. The Hall–Kier alpha value is -1.79. The van der Waals surface area contributed by atoms with E-state index in [9.17, 15) is 9.90 Å². The maximum Gasteiger partial charge on any atom is 0.337 e. The molecule has 1 aromatic rings. The highest BCUT2D eigenvalue weighted by atomic mass is 16.5. The molecule has 0 unspecified atom stereocenters. The maximum absolute atomic E-state index is 11.6. The largest absolute Gasteiger partial charge is 0.493 e. The van der Waals surface area contributed by atoms with Crippen molar-refractivity contribution < 1.29 is 29.4 Å². The molecule has 5 rings (SSSR count). The molecule has 160 valence electrons. The Bertz CT molecular complexity index is 699. The molecule has 4 aliphatic rings. The van der Waals surface area contributed by atoms with Crippen molar-refractivity contribution in [2.24, 2.45) is 23.2 Å². The van der Waals surface area contributed by atoms with Crippen molar-refractivity contribution in [1.29, 1.82) is 0 Å². The van der Waals surface area contributed by atoms with E-state index in [4.69, 9.17) is 14.2 Å². The van der Waals surface area contributed by atoms with Gasteiger partial charge in [0, 0.05) is 5.41 Å². The first kappa shape index (κ1) is 20.5. The molecule has 6 heteroatoms. The van der Waals surface area contributed by atoms with Gasteiger partial charge in [-0.2, -0.15) is 0 Å². The minimum atomic E-state index is -0.547. The van der Waals surface area contributed by atoms with Gasteiger partial charge < -0.3 is 24.6 Å². The van der Waals surface area contributed by atoms with E-state index >= 15 is 0 Å². The Morgan fingerprint density at radius 2 is 1.79 bits per heavy atom. The van der Waals surface area contributed by atoms with Gasteiger partial charge in [-0.15, -0.1) is 0 Å². The van der Waals surface area contributed by atoms with Crippen molar-refractivity contribution in [3.63, 3.8) is 0 Å². The highest BCUT2D eigenvalue weighted by Crippen LogP contribution is 2.59. The van der Waals surface area contributed by atoms with Gasteiger partial charge in [0.25, 0.3) is 0 Å². The third-order valence-electron chi connectivity index (χ3n) is 7.20. The van der Waals surface area contributed by atoms with E-state index in [-0.39, 0.29) is 6.61 Å². The second-order valence-electron chi connectivity index (χ2n) is 9.47. The number of ether oxygens (including phenoxy) is 3. The van der Waals surface area contributed by atoms with E-state index < -0.39 is 12.1 Å². The zero-order valence-corrected chi connectivity index (χ0v) is 17.6. The van der Waals surface area contributed by atoms with Crippen LogP contribution in [0.5, 0.6) is 11.5 Å². The van der Waals surface area contributed by atoms with Crippen LogP contribution in [-0.2, 0) is 4.74 Å². The lowest BCUT2D eigenvalue weighted by atomic mass is 9.49. The number of carbonyl (C=O) groups excluding carboxylic acids is 1. The molecule has 0 aromatic heterocycles. The van der Waals surface area contributed by atoms with Crippen molar-refractivity contribution in [3.8, 4) is 11.5 Å². The molecule has 1 aromatic carbocycles. The van der Waals surface area contributed by atoms with Crippen molar-refractivity contribution in [1.82, 2.24) is 0 Å². The molecule has 3 N–H and O–H groups in total. The van der Waals surface area contributed by atoms with Crippen LogP contribution in [0.25, 0.3) is 0 Å². The highest BCUT2D eigenvalue weighted by molar-refractivity contribution is 5.90. The molecule has 0 radical (unpaired) electrons. The fraction of sp³-hybridized carbons (Fsp3) is 0.696. The van der Waals surface area contributed by atoms with Crippen LogP contribution in [0.15, 0.2) is 18.2 Å². The van der Waals surface area contributed by atoms with Gasteiger partial charge in [0.1, 0.15) is 19.3 Å². The number of rotatable bonds is 9. The predicted octanol–water partition coefficient (Wildman–Crippen LogP) is 2.00. The summed E-state index contributed by atoms with van der Waals surface area (Å²) >= 11 is 0. The number of nitrogens with two attached hydrogens (primary N) is 1. The quantitative estimate of drug-likeness (QED) is 0.616. The third kappa shape index (κ3) is 4.53. The number of carbonyl (C=O) groups is 1. The minimum Gasteiger partial charge on any atom is -0.493 e. The van der Waals surface area contributed by atoms with E-state index in [1.165, 1.54) is 52.7 Å². The van der Waals surface area contributed by atoms with Gasteiger partial charge in [-0.3, -0.25) is 0 Å². The smallest absolute Gasteiger partial charge is 0.337 e. The van der Waals surface area contributed by atoms with Crippen molar-refractivity contribution in [3.05, 3.63) is 23.8 Å². The van der Waals surface area contributed by atoms with Gasteiger partial charge in [-0.1, -0.05) is 0 Å². The summed E-state index contributed by atoms with van der Waals surface area (Å²) in [6.07, 6.45) is 8.03. The van der Waals surface area contributed by atoms with Crippen molar-refractivity contribution in [2.75, 3.05) is 33.9 Å². The van der Waals surface area contributed by atoms with E-state index in [1.54, 1.807) is 18.2 Å². The Morgan fingerprint density at radius 1 is 1.14 bits per heavy atom. The lowest BCUT2D eigenvalue weighted by molar-refractivity contribution is -0.674. The third-order valence-corrected chi connectivity index (χ3v) is 7.20. The summed E-state index contributed by atoms with van der Waals surface area (Å²) in [4.78, 5) is 11.6. The molecule has 0 saturated heterocycles. The molecule has 4 saturated carbocycles. The van der Waals surface area contributed by atoms with E-state index in [0.29, 0.717) is 29.0 Å². The Morgan fingerprint density at radius 3 is 2.38 bits per heavy atom. The lowest BCUT2D eigenvalue weighted by Gasteiger charge is -2.56. The molecule has 29 heavy (non-hydrogen) atoms. The van der Waals surface area contributed by atoms with E-state index in [2.05, 4.69) is 5.32 Å². The molecule has 0 aliphatic heterocycles. The van der Waals surface area contributed by atoms with Crippen LogP contribution >= 0.6 is 0 Å². The van der Waals surface area contributed by atoms with Gasteiger partial charge in [0.2, 0.25) is 0 Å². The van der Waals surface area contributed by atoms with Crippen LogP contribution in [0.2, 0.25) is 0 Å². The van der Waals surface area contributed by atoms with Crippen molar-refractivity contribution >= 4 is 5.97 Å². The fourth-order valence-electron chi connectivity index (χ4n) is 6.41. The van der Waals surface area contributed by atoms with E-state index in [0.717, 1.165) is 24.3 Å². The number of methoxy groups -OCH3 is 2. The Labute approximate surface area is 172 Å². The molecule has 1 atom stereocenters. The second kappa shape index (κ2) is 8.52. The van der Waals surface area contributed by atoms with Crippen molar-refractivity contribution in [2.45, 2.75) is 44.6 Å². The molecule has 4 aliphatic carbocycles. The SMILES string of the molecule is COC(=O)c1ccc(OC[C@H](O)C[NH2+]CC23CC4CC(CC(C4)C2)C3)c(OC)c1. The average Bonchev–Trinajstić information content (AvgIpc) is 2.70. The number of benzene rings is 1. The number of hydrogen-bond acceptors (Lipinski definition) is 5. The van der Waals surface area contributed by atoms with Crippen LogP contribution in [0.4, 0.5) is 0 Å². The first-order valence-corrected chi connectivity index (χ1v) is 10.9. The summed E-state index contributed by atoms with van der Waals surface area (Å²) in [6, 6.07) is 4.90. The molecule has 4 bridgehead atoms. The van der Waals surface area contributed by atoms with Gasteiger partial charge in [-0.05, 0) is 74.5 Å². The molecule has 6 nitrogen and oxygen atoms in total. The maximum atomic E-state index is 11.6. The first-order valence-electron chi connectivity index (χ1n) is 10.9. The first-order chi connectivity index (χ1) is 14.0. The molecule has 4 fully saturated rings. The standard InChI is InChI=1S/C23H33NO5/c1-27-21-8-18(22(26)28-2)3-4-20(21)29-13-19(25)12-24-14-23-9-15-5-16(10-23)7-17(6-15)11-23/h3-4,8,15-17,19,24-25H,5-7,9-14H2,1-2H3/p+1/t15?,16?,17?,19-,23?/m1/s1. The number of quaternary nitrogens is 1. The Kier molecular flexibility index (Phi) is 6.02. The second-order valence-corrected chi connectivity index (χ2v) is 9.47. The van der Waals surface area contributed by atoms with Gasteiger partial charge in [0.05, 0.1) is 26.3 Å². The zero-order valence-electron chi connectivity index (χ0n) is 17.6. The number of aliphatic hydroxyl groups excluding tert-OH is 1. The highest BCUT2D eigenvalue weighted by Gasteiger charge is 2.51. The lowest BCUT2D eigenvalue weighted by Crippen LogP contribution is -2.89.